The number of nitrogens with zero attached hydrogens (tertiary/aromatic N) is 1. The normalized spacial score (nSPS) is 10.4. The highest BCUT2D eigenvalue weighted by atomic mass is 16.1. The number of rotatable bonds is 6. The molecule has 0 aliphatic heterocycles. The molecular formula is C14H16N2O. The van der Waals surface area contributed by atoms with E-state index in [0.29, 0.717) is 5.56 Å². The van der Waals surface area contributed by atoms with Crippen LogP contribution in [0, 0.1) is 11.3 Å². The van der Waals surface area contributed by atoms with E-state index in [1.165, 1.54) is 0 Å². The average molecular weight is 228 g/mol. The number of benzene rings is 1. The molecule has 1 aromatic carbocycles. The highest BCUT2D eigenvalue weighted by molar-refractivity contribution is 5.97. The first-order valence-electron chi connectivity index (χ1n) is 5.59. The molecule has 0 aliphatic carbocycles. The molecule has 0 amide bonds. The first-order chi connectivity index (χ1) is 8.27. The molecule has 0 aromatic heterocycles. The third kappa shape index (κ3) is 4.62. The zero-order valence-electron chi connectivity index (χ0n) is 9.94. The molecule has 0 bridgehead atoms. The van der Waals surface area contributed by atoms with Crippen molar-refractivity contribution in [2.24, 2.45) is 0 Å². The molecule has 0 heterocycles. The van der Waals surface area contributed by atoms with Gasteiger partial charge < -0.3 is 5.32 Å². The second kappa shape index (κ2) is 7.37. The van der Waals surface area contributed by atoms with Crippen LogP contribution in [-0.2, 0) is 0 Å². The van der Waals surface area contributed by atoms with E-state index in [2.05, 4.69) is 11.4 Å². The molecular weight excluding hydrogens is 212 g/mol. The molecule has 0 atom stereocenters. The van der Waals surface area contributed by atoms with Crippen molar-refractivity contribution in [3.05, 3.63) is 41.5 Å². The van der Waals surface area contributed by atoms with Gasteiger partial charge in [-0.25, -0.2) is 0 Å². The van der Waals surface area contributed by atoms with Gasteiger partial charge in [0.25, 0.3) is 0 Å². The third-order valence-electron chi connectivity index (χ3n) is 2.32. The fourth-order valence-electron chi connectivity index (χ4n) is 1.44. The van der Waals surface area contributed by atoms with E-state index >= 15 is 0 Å². The summed E-state index contributed by atoms with van der Waals surface area (Å²) in [5, 5.41) is 11.5. The van der Waals surface area contributed by atoms with Gasteiger partial charge in [0, 0.05) is 5.56 Å². The maximum atomic E-state index is 11.5. The van der Waals surface area contributed by atoms with Gasteiger partial charge in [-0.15, -0.1) is 0 Å². The van der Waals surface area contributed by atoms with Crippen molar-refractivity contribution in [2.75, 3.05) is 13.6 Å². The highest BCUT2D eigenvalue weighted by Gasteiger charge is 2.04. The number of nitriles is 1. The number of hydrogen-bond donors (Lipinski definition) is 1. The SMILES string of the molecule is CNCCC=Cc1cccc(C(=O)CC#N)c1. The topological polar surface area (TPSA) is 52.9 Å². The maximum Gasteiger partial charge on any atom is 0.176 e. The van der Waals surface area contributed by atoms with Gasteiger partial charge >= 0.3 is 0 Å². The van der Waals surface area contributed by atoms with Gasteiger partial charge in [-0.2, -0.15) is 5.26 Å². The minimum Gasteiger partial charge on any atom is -0.319 e. The Bertz CT molecular complexity index is 444. The molecule has 88 valence electrons. The first kappa shape index (κ1) is 13.1. The lowest BCUT2D eigenvalue weighted by atomic mass is 10.1. The molecule has 17 heavy (non-hydrogen) atoms. The van der Waals surface area contributed by atoms with E-state index < -0.39 is 0 Å². The number of carbonyl (C=O) groups is 1. The molecule has 1 aromatic rings. The Kier molecular flexibility index (Phi) is 5.70. The largest absolute Gasteiger partial charge is 0.319 e. The lowest BCUT2D eigenvalue weighted by Gasteiger charge is -1.99. The van der Waals surface area contributed by atoms with Crippen LogP contribution in [0.4, 0.5) is 0 Å². The van der Waals surface area contributed by atoms with Crippen molar-refractivity contribution in [1.29, 1.82) is 5.26 Å². The number of nitrogens with one attached hydrogen (secondary N) is 1. The van der Waals surface area contributed by atoms with Crippen LogP contribution in [0.2, 0.25) is 0 Å². The molecule has 0 aliphatic rings. The van der Waals surface area contributed by atoms with Crippen molar-refractivity contribution >= 4 is 11.9 Å². The fraction of sp³-hybridized carbons (Fsp3) is 0.286. The molecule has 0 fully saturated rings. The first-order valence-corrected chi connectivity index (χ1v) is 5.59. The van der Waals surface area contributed by atoms with Gasteiger partial charge in [0.1, 0.15) is 0 Å². The Morgan fingerprint density at radius 1 is 1.53 bits per heavy atom. The lowest BCUT2D eigenvalue weighted by Crippen LogP contribution is -2.05. The van der Waals surface area contributed by atoms with E-state index in [9.17, 15) is 4.79 Å². The highest BCUT2D eigenvalue weighted by Crippen LogP contribution is 2.09. The zero-order chi connectivity index (χ0) is 12.5. The van der Waals surface area contributed by atoms with Crippen LogP contribution in [0.5, 0.6) is 0 Å². The van der Waals surface area contributed by atoms with Crippen molar-refractivity contribution in [3.8, 4) is 6.07 Å². The molecule has 3 nitrogen and oxygen atoms in total. The van der Waals surface area contributed by atoms with Crippen molar-refractivity contribution in [2.45, 2.75) is 12.8 Å². The Labute approximate surface area is 102 Å². The summed E-state index contributed by atoms with van der Waals surface area (Å²) >= 11 is 0. The van der Waals surface area contributed by atoms with Crippen LogP contribution in [-0.4, -0.2) is 19.4 Å². The van der Waals surface area contributed by atoms with E-state index in [0.717, 1.165) is 18.5 Å². The summed E-state index contributed by atoms with van der Waals surface area (Å²) in [6, 6.07) is 9.20. The second-order valence-electron chi connectivity index (χ2n) is 3.68. The summed E-state index contributed by atoms with van der Waals surface area (Å²) in [6.45, 7) is 0.934. The molecule has 0 saturated heterocycles. The lowest BCUT2D eigenvalue weighted by molar-refractivity contribution is 0.0997. The Morgan fingerprint density at radius 3 is 3.06 bits per heavy atom. The Hall–Kier alpha value is -1.92. The van der Waals surface area contributed by atoms with Gasteiger partial charge in [-0.1, -0.05) is 30.4 Å². The molecule has 0 saturated carbocycles. The maximum absolute atomic E-state index is 11.5. The second-order valence-corrected chi connectivity index (χ2v) is 3.68. The molecule has 0 unspecified atom stereocenters. The number of Topliss-reactive ketones (excluding diaryl/α,β-unsaturated/α-hetero) is 1. The smallest absolute Gasteiger partial charge is 0.176 e. The van der Waals surface area contributed by atoms with Crippen LogP contribution >= 0.6 is 0 Å². The van der Waals surface area contributed by atoms with E-state index in [1.807, 2.05) is 37.4 Å². The number of carbonyl (C=O) groups excluding carboxylic acids is 1. The van der Waals surface area contributed by atoms with Gasteiger partial charge in [0.05, 0.1) is 12.5 Å². The summed E-state index contributed by atoms with van der Waals surface area (Å²) in [7, 11) is 1.91. The minimum absolute atomic E-state index is 0.0626. The molecule has 1 rings (SSSR count). The van der Waals surface area contributed by atoms with Crippen molar-refractivity contribution in [1.82, 2.24) is 5.32 Å². The monoisotopic (exact) mass is 228 g/mol. The van der Waals surface area contributed by atoms with E-state index in [-0.39, 0.29) is 12.2 Å². The molecule has 0 spiro atoms. The van der Waals surface area contributed by atoms with E-state index in [4.69, 9.17) is 5.26 Å². The summed E-state index contributed by atoms with van der Waals surface area (Å²) in [5.74, 6) is -0.127. The molecule has 0 radical (unpaired) electrons. The van der Waals surface area contributed by atoms with Crippen molar-refractivity contribution < 1.29 is 4.79 Å². The average Bonchev–Trinajstić information content (AvgIpc) is 2.35. The van der Waals surface area contributed by atoms with Gasteiger partial charge in [0.2, 0.25) is 0 Å². The molecule has 3 heteroatoms. The minimum atomic E-state index is -0.127. The predicted octanol–water partition coefficient (Wildman–Crippen LogP) is 2.41. The van der Waals surface area contributed by atoms with E-state index in [1.54, 1.807) is 6.07 Å². The quantitative estimate of drug-likeness (QED) is 0.601. The van der Waals surface area contributed by atoms with Gasteiger partial charge in [-0.05, 0) is 31.6 Å². The Morgan fingerprint density at radius 2 is 2.35 bits per heavy atom. The Balaban J connectivity index is 2.69. The number of hydrogen-bond acceptors (Lipinski definition) is 3. The van der Waals surface area contributed by atoms with Crippen LogP contribution in [0.25, 0.3) is 6.08 Å². The predicted molar refractivity (Wildman–Crippen MR) is 68.6 cm³/mol. The molecule has 1 N–H and O–H groups in total. The van der Waals surface area contributed by atoms with Crippen LogP contribution < -0.4 is 5.32 Å². The zero-order valence-corrected chi connectivity index (χ0v) is 9.94. The third-order valence-corrected chi connectivity index (χ3v) is 2.32. The van der Waals surface area contributed by atoms with Crippen LogP contribution in [0.1, 0.15) is 28.8 Å². The summed E-state index contributed by atoms with van der Waals surface area (Å²) in [4.78, 5) is 11.5. The summed E-state index contributed by atoms with van der Waals surface area (Å²) in [6.07, 6.45) is 4.94. The van der Waals surface area contributed by atoms with Gasteiger partial charge in [-0.3, -0.25) is 4.79 Å². The van der Waals surface area contributed by atoms with Crippen molar-refractivity contribution in [3.63, 3.8) is 0 Å². The van der Waals surface area contributed by atoms with Crippen LogP contribution in [0.3, 0.4) is 0 Å². The summed E-state index contributed by atoms with van der Waals surface area (Å²) < 4.78 is 0. The standard InChI is InChI=1S/C14H16N2O/c1-16-10-3-2-5-12-6-4-7-13(11-12)14(17)8-9-15/h2,4-7,11,16H,3,8,10H2,1H3. The fourth-order valence-corrected chi connectivity index (χ4v) is 1.44. The van der Waals surface area contributed by atoms with Crippen LogP contribution in [0.15, 0.2) is 30.3 Å². The van der Waals surface area contributed by atoms with Gasteiger partial charge in [0.15, 0.2) is 5.78 Å². The summed E-state index contributed by atoms with van der Waals surface area (Å²) in [5.41, 5.74) is 1.59. The number of ketones is 1.